The van der Waals surface area contributed by atoms with Crippen LogP contribution in [0.25, 0.3) is 0 Å². The van der Waals surface area contributed by atoms with Gasteiger partial charge in [-0.2, -0.15) is 0 Å². The fourth-order valence-corrected chi connectivity index (χ4v) is 2.66. The highest BCUT2D eigenvalue weighted by molar-refractivity contribution is 9.10. The lowest BCUT2D eigenvalue weighted by atomic mass is 10.1. The lowest BCUT2D eigenvalue weighted by molar-refractivity contribution is -0.116. The predicted octanol–water partition coefficient (Wildman–Crippen LogP) is 4.78. The van der Waals surface area contributed by atoms with Crippen molar-refractivity contribution in [3.63, 3.8) is 0 Å². The molecular weight excluding hydrogens is 342 g/mol. The lowest BCUT2D eigenvalue weighted by Crippen LogP contribution is -2.15. The number of ether oxygens (including phenoxy) is 1. The van der Waals surface area contributed by atoms with Gasteiger partial charge in [-0.15, -0.1) is 0 Å². The van der Waals surface area contributed by atoms with E-state index in [4.69, 9.17) is 4.74 Å². The van der Waals surface area contributed by atoms with E-state index in [1.807, 2.05) is 57.2 Å². The molecule has 0 bridgehead atoms. The summed E-state index contributed by atoms with van der Waals surface area (Å²) in [4.78, 5) is 12.0. The van der Waals surface area contributed by atoms with E-state index in [0.29, 0.717) is 13.0 Å². The molecule has 116 valence electrons. The summed E-state index contributed by atoms with van der Waals surface area (Å²) in [5.41, 5.74) is 4.22. The van der Waals surface area contributed by atoms with E-state index in [-0.39, 0.29) is 5.91 Å². The highest BCUT2D eigenvalue weighted by atomic mass is 79.9. The maximum atomic E-state index is 12.0. The van der Waals surface area contributed by atoms with Gasteiger partial charge < -0.3 is 10.1 Å². The molecule has 2 aromatic rings. The van der Waals surface area contributed by atoms with Gasteiger partial charge in [0.2, 0.25) is 5.91 Å². The molecule has 22 heavy (non-hydrogen) atoms. The molecule has 0 aliphatic carbocycles. The minimum atomic E-state index is -0.0603. The van der Waals surface area contributed by atoms with Crippen molar-refractivity contribution in [2.24, 2.45) is 0 Å². The van der Waals surface area contributed by atoms with Crippen LogP contribution in [0.3, 0.4) is 0 Å². The molecule has 4 heteroatoms. The second-order valence-electron chi connectivity index (χ2n) is 5.33. The number of carbonyl (C=O) groups is 1. The van der Waals surface area contributed by atoms with E-state index in [0.717, 1.165) is 27.0 Å². The zero-order valence-electron chi connectivity index (χ0n) is 13.1. The number of halogens is 1. The molecule has 1 N–H and O–H groups in total. The first-order valence-corrected chi connectivity index (χ1v) is 8.01. The Morgan fingerprint density at radius 1 is 1.18 bits per heavy atom. The van der Waals surface area contributed by atoms with Gasteiger partial charge in [-0.05, 0) is 71.6 Å². The number of rotatable bonds is 5. The average Bonchev–Trinajstić information content (AvgIpc) is 2.46. The molecule has 0 aliphatic rings. The van der Waals surface area contributed by atoms with Gasteiger partial charge in [-0.3, -0.25) is 4.79 Å². The maximum Gasteiger partial charge on any atom is 0.227 e. The third-order valence-corrected chi connectivity index (χ3v) is 4.20. The first-order chi connectivity index (χ1) is 10.5. The molecule has 0 aliphatic heterocycles. The van der Waals surface area contributed by atoms with Crippen LogP contribution in [0.5, 0.6) is 5.75 Å². The average molecular weight is 362 g/mol. The first kappa shape index (κ1) is 16.6. The molecule has 0 atom stereocenters. The van der Waals surface area contributed by atoms with Gasteiger partial charge in [-0.25, -0.2) is 0 Å². The third-order valence-electron chi connectivity index (χ3n) is 3.54. The van der Waals surface area contributed by atoms with Crippen molar-refractivity contribution in [3.8, 4) is 5.75 Å². The van der Waals surface area contributed by atoms with Crippen molar-refractivity contribution in [1.82, 2.24) is 0 Å². The second-order valence-corrected chi connectivity index (χ2v) is 6.18. The lowest BCUT2D eigenvalue weighted by Gasteiger charge is -2.11. The Labute approximate surface area is 139 Å². The number of hydrogen-bond acceptors (Lipinski definition) is 2. The smallest absolute Gasteiger partial charge is 0.227 e. The van der Waals surface area contributed by atoms with Gasteiger partial charge in [0.15, 0.2) is 0 Å². The molecule has 0 aromatic heterocycles. The largest absolute Gasteiger partial charge is 0.493 e. The standard InChI is InChI=1S/C18H20BrNO2/c1-12-7-8-16(15(19)11-12)20-18(21)9-10-22-17-6-4-5-13(2)14(17)3/h4-8,11H,9-10H2,1-3H3,(H,20,21). The molecule has 0 spiro atoms. The van der Waals surface area contributed by atoms with Crippen LogP contribution in [0, 0.1) is 20.8 Å². The Balaban J connectivity index is 1.87. The molecule has 2 aromatic carbocycles. The predicted molar refractivity (Wildman–Crippen MR) is 93.5 cm³/mol. The van der Waals surface area contributed by atoms with E-state index in [1.165, 1.54) is 5.56 Å². The van der Waals surface area contributed by atoms with Gasteiger partial charge in [-0.1, -0.05) is 18.2 Å². The van der Waals surface area contributed by atoms with Crippen molar-refractivity contribution in [2.75, 3.05) is 11.9 Å². The van der Waals surface area contributed by atoms with Crippen molar-refractivity contribution in [2.45, 2.75) is 27.2 Å². The number of amides is 1. The van der Waals surface area contributed by atoms with Crippen LogP contribution in [-0.2, 0) is 4.79 Å². The van der Waals surface area contributed by atoms with E-state index < -0.39 is 0 Å². The summed E-state index contributed by atoms with van der Waals surface area (Å²) in [6.07, 6.45) is 0.313. The zero-order chi connectivity index (χ0) is 16.1. The number of hydrogen-bond donors (Lipinski definition) is 1. The number of aryl methyl sites for hydroxylation is 2. The molecule has 3 nitrogen and oxygen atoms in total. The van der Waals surface area contributed by atoms with Gasteiger partial charge >= 0.3 is 0 Å². The third kappa shape index (κ3) is 4.34. The van der Waals surface area contributed by atoms with E-state index in [1.54, 1.807) is 0 Å². The molecule has 0 heterocycles. The summed E-state index contributed by atoms with van der Waals surface area (Å²) in [6, 6.07) is 11.8. The van der Waals surface area contributed by atoms with Gasteiger partial charge in [0.1, 0.15) is 5.75 Å². The Kier molecular flexibility index (Phi) is 5.61. The quantitative estimate of drug-likeness (QED) is 0.831. The van der Waals surface area contributed by atoms with Crippen molar-refractivity contribution in [3.05, 3.63) is 57.6 Å². The van der Waals surface area contributed by atoms with Gasteiger partial charge in [0, 0.05) is 4.47 Å². The number of nitrogens with one attached hydrogen (secondary N) is 1. The minimum Gasteiger partial charge on any atom is -0.493 e. The number of anilines is 1. The summed E-state index contributed by atoms with van der Waals surface area (Å²) in [6.45, 7) is 6.44. The summed E-state index contributed by atoms with van der Waals surface area (Å²) >= 11 is 3.45. The number of benzene rings is 2. The van der Waals surface area contributed by atoms with Crippen molar-refractivity contribution < 1.29 is 9.53 Å². The summed E-state index contributed by atoms with van der Waals surface area (Å²) < 4.78 is 6.59. The van der Waals surface area contributed by atoms with Crippen LogP contribution in [0.4, 0.5) is 5.69 Å². The van der Waals surface area contributed by atoms with Crippen molar-refractivity contribution in [1.29, 1.82) is 0 Å². The fraction of sp³-hybridized carbons (Fsp3) is 0.278. The SMILES string of the molecule is Cc1ccc(NC(=O)CCOc2cccc(C)c2C)c(Br)c1. The Hall–Kier alpha value is -1.81. The molecule has 0 fully saturated rings. The first-order valence-electron chi connectivity index (χ1n) is 7.22. The molecule has 0 saturated heterocycles. The highest BCUT2D eigenvalue weighted by Gasteiger charge is 2.07. The summed E-state index contributed by atoms with van der Waals surface area (Å²) in [7, 11) is 0. The van der Waals surface area contributed by atoms with Crippen LogP contribution < -0.4 is 10.1 Å². The fourth-order valence-electron chi connectivity index (χ4n) is 2.07. The Bertz CT molecular complexity index is 683. The zero-order valence-corrected chi connectivity index (χ0v) is 14.7. The van der Waals surface area contributed by atoms with E-state index in [2.05, 4.69) is 21.2 Å². The molecule has 0 radical (unpaired) electrons. The van der Waals surface area contributed by atoms with Crippen LogP contribution in [0.2, 0.25) is 0 Å². The highest BCUT2D eigenvalue weighted by Crippen LogP contribution is 2.24. The minimum absolute atomic E-state index is 0.0603. The topological polar surface area (TPSA) is 38.3 Å². The molecule has 1 amide bonds. The molecular formula is C18H20BrNO2. The van der Waals surface area contributed by atoms with Crippen molar-refractivity contribution >= 4 is 27.5 Å². The van der Waals surface area contributed by atoms with Crippen LogP contribution in [0.15, 0.2) is 40.9 Å². The van der Waals surface area contributed by atoms with Crippen LogP contribution >= 0.6 is 15.9 Å². The van der Waals surface area contributed by atoms with Gasteiger partial charge in [0.05, 0.1) is 18.7 Å². The normalized spacial score (nSPS) is 10.4. The summed E-state index contributed by atoms with van der Waals surface area (Å²) in [5, 5.41) is 2.88. The van der Waals surface area contributed by atoms with Gasteiger partial charge in [0.25, 0.3) is 0 Å². The molecule has 0 saturated carbocycles. The van der Waals surface area contributed by atoms with E-state index >= 15 is 0 Å². The number of carbonyl (C=O) groups excluding carboxylic acids is 1. The maximum absolute atomic E-state index is 12.0. The van der Waals surface area contributed by atoms with Crippen LogP contribution in [-0.4, -0.2) is 12.5 Å². The Morgan fingerprint density at radius 3 is 2.68 bits per heavy atom. The monoisotopic (exact) mass is 361 g/mol. The Morgan fingerprint density at radius 2 is 1.95 bits per heavy atom. The van der Waals surface area contributed by atoms with Crippen LogP contribution in [0.1, 0.15) is 23.1 Å². The summed E-state index contributed by atoms with van der Waals surface area (Å²) in [5.74, 6) is 0.777. The van der Waals surface area contributed by atoms with E-state index in [9.17, 15) is 4.79 Å². The molecule has 0 unspecified atom stereocenters. The molecule has 2 rings (SSSR count). The second kappa shape index (κ2) is 7.45.